The lowest BCUT2D eigenvalue weighted by atomic mass is 9.95. The Morgan fingerprint density at radius 1 is 1.38 bits per heavy atom. The molecule has 0 saturated carbocycles. The Morgan fingerprint density at radius 3 is 2.81 bits per heavy atom. The topological polar surface area (TPSA) is 77.4 Å². The van der Waals surface area contributed by atoms with Gasteiger partial charge < -0.3 is 28.9 Å². The third kappa shape index (κ3) is 3.30. The molecule has 1 aromatic rings. The number of ether oxygens (including phenoxy) is 3. The van der Waals surface area contributed by atoms with Crippen LogP contribution in [0.3, 0.4) is 0 Å². The molecule has 0 saturated heterocycles. The number of benzene rings is 1. The molecule has 0 radical (unpaired) electrons. The first-order valence-electron chi connectivity index (χ1n) is 6.66. The number of aromatic hydroxyl groups is 1. The van der Waals surface area contributed by atoms with Crippen molar-refractivity contribution in [1.29, 1.82) is 0 Å². The van der Waals surface area contributed by atoms with Gasteiger partial charge >= 0.3 is 0 Å². The molecule has 2 unspecified atom stereocenters. The van der Waals surface area contributed by atoms with Crippen molar-refractivity contribution in [1.82, 2.24) is 0 Å². The predicted molar refractivity (Wildman–Crippen MR) is 79.0 cm³/mol. The normalized spacial score (nSPS) is 17.6. The van der Waals surface area contributed by atoms with Crippen molar-refractivity contribution in [3.05, 3.63) is 22.3 Å². The molecule has 2 N–H and O–H groups in total. The molecule has 0 spiro atoms. The number of phenolic OH excluding ortho intramolecular Hbond substituents is 1. The van der Waals surface area contributed by atoms with Crippen LogP contribution >= 0.6 is 8.81 Å². The molecule has 118 valence electrons. The number of methoxy groups -OCH3 is 1. The third-order valence-corrected chi connectivity index (χ3v) is 4.18. The van der Waals surface area contributed by atoms with Gasteiger partial charge in [-0.25, -0.2) is 0 Å². The fourth-order valence-electron chi connectivity index (χ4n) is 2.53. The molecule has 0 aromatic heterocycles. The number of fused-ring (bicyclic) bond motifs is 1. The maximum atomic E-state index is 10.4. The van der Waals surface area contributed by atoms with Crippen LogP contribution in [-0.2, 0) is 27.0 Å². The Labute approximate surface area is 125 Å². The highest BCUT2D eigenvalue weighted by atomic mass is 31.1. The summed E-state index contributed by atoms with van der Waals surface area (Å²) in [7, 11) is 3.49. The van der Waals surface area contributed by atoms with Crippen molar-refractivity contribution in [3.63, 3.8) is 0 Å². The number of rotatable bonds is 7. The maximum absolute atomic E-state index is 10.4. The second kappa shape index (κ2) is 7.38. The van der Waals surface area contributed by atoms with Crippen LogP contribution in [0.25, 0.3) is 0 Å². The van der Waals surface area contributed by atoms with Crippen molar-refractivity contribution in [3.8, 4) is 11.5 Å². The molecule has 1 aliphatic rings. The van der Waals surface area contributed by atoms with Crippen LogP contribution in [0.4, 0.5) is 0 Å². The van der Waals surface area contributed by atoms with E-state index in [2.05, 4.69) is 0 Å². The predicted octanol–water partition coefficient (Wildman–Crippen LogP) is 1.99. The van der Waals surface area contributed by atoms with Gasteiger partial charge in [-0.2, -0.15) is 0 Å². The molecule has 1 aliphatic heterocycles. The molecule has 0 aliphatic carbocycles. The average molecular weight is 316 g/mol. The molecule has 6 nitrogen and oxygen atoms in total. The monoisotopic (exact) mass is 316 g/mol. The summed E-state index contributed by atoms with van der Waals surface area (Å²) in [6.45, 7) is 2.61. The van der Waals surface area contributed by atoms with Crippen LogP contribution in [0, 0.1) is 6.92 Å². The number of aliphatic hydroxyl groups excluding tert-OH is 1. The van der Waals surface area contributed by atoms with E-state index in [9.17, 15) is 10.2 Å². The Bertz CT molecular complexity index is 505. The Morgan fingerprint density at radius 2 is 2.14 bits per heavy atom. The van der Waals surface area contributed by atoms with Gasteiger partial charge in [-0.15, -0.1) is 0 Å². The summed E-state index contributed by atoms with van der Waals surface area (Å²) in [5, 5.41) is 20.3. The number of hydrogen-bond acceptors (Lipinski definition) is 6. The van der Waals surface area contributed by atoms with E-state index >= 15 is 0 Å². The van der Waals surface area contributed by atoms with E-state index in [0.29, 0.717) is 45.1 Å². The first-order chi connectivity index (χ1) is 10.1. The molecular weight excluding hydrogens is 295 g/mol. The Hall–Kier alpha value is -0.910. The van der Waals surface area contributed by atoms with Crippen molar-refractivity contribution in [2.24, 2.45) is 0 Å². The lowest BCUT2D eigenvalue weighted by Gasteiger charge is -2.18. The minimum atomic E-state index is -1.08. The van der Waals surface area contributed by atoms with E-state index in [4.69, 9.17) is 18.7 Å². The molecule has 1 heterocycles. The largest absolute Gasteiger partial charge is 0.507 e. The maximum Gasteiger partial charge on any atom is 0.185 e. The highest BCUT2D eigenvalue weighted by Crippen LogP contribution is 2.45. The lowest BCUT2D eigenvalue weighted by molar-refractivity contribution is -0.0926. The molecule has 2 rings (SSSR count). The Balaban J connectivity index is 2.23. The second-order valence-corrected chi connectivity index (χ2v) is 5.68. The standard InChI is InChI=1S/C14H21O6P/c1-8-10-6-20-14(16)11(10)12(15)9(13(8)17-2)4-5-19-7-21-18-3/h14-16,21H,4-7H2,1-3H3. The van der Waals surface area contributed by atoms with E-state index in [1.54, 1.807) is 14.2 Å². The summed E-state index contributed by atoms with van der Waals surface area (Å²) in [6.07, 6.45) is -0.0709. The van der Waals surface area contributed by atoms with Gasteiger partial charge in [0.2, 0.25) is 0 Å². The van der Waals surface area contributed by atoms with E-state index < -0.39 is 6.29 Å². The summed E-state index contributed by atoms with van der Waals surface area (Å²) in [6, 6.07) is 0. The van der Waals surface area contributed by atoms with E-state index in [0.717, 1.165) is 11.1 Å². The summed E-state index contributed by atoms with van der Waals surface area (Å²) >= 11 is 0. The summed E-state index contributed by atoms with van der Waals surface area (Å²) in [5.74, 6) is 0.664. The van der Waals surface area contributed by atoms with Gasteiger partial charge in [-0.1, -0.05) is 0 Å². The molecule has 2 atom stereocenters. The zero-order chi connectivity index (χ0) is 15.4. The smallest absolute Gasteiger partial charge is 0.185 e. The third-order valence-electron chi connectivity index (χ3n) is 3.57. The van der Waals surface area contributed by atoms with Crippen molar-refractivity contribution >= 4 is 8.81 Å². The number of hydrogen-bond donors (Lipinski definition) is 2. The summed E-state index contributed by atoms with van der Waals surface area (Å²) < 4.78 is 21.0. The van der Waals surface area contributed by atoms with Crippen molar-refractivity contribution in [2.75, 3.05) is 27.2 Å². The van der Waals surface area contributed by atoms with Gasteiger partial charge in [0, 0.05) is 27.9 Å². The zero-order valence-electron chi connectivity index (χ0n) is 12.4. The van der Waals surface area contributed by atoms with Crippen LogP contribution in [0.2, 0.25) is 0 Å². The SMILES string of the molecule is COPCOCCc1c(O)c2c(c(C)c1OC)COC2O. The zero-order valence-corrected chi connectivity index (χ0v) is 13.4. The quantitative estimate of drug-likeness (QED) is 0.592. The molecule has 7 heteroatoms. The van der Waals surface area contributed by atoms with Crippen LogP contribution < -0.4 is 4.74 Å². The highest BCUT2D eigenvalue weighted by Gasteiger charge is 2.31. The van der Waals surface area contributed by atoms with Crippen LogP contribution in [0.15, 0.2) is 0 Å². The Kier molecular flexibility index (Phi) is 5.79. The summed E-state index contributed by atoms with van der Waals surface area (Å²) in [4.78, 5) is 0. The van der Waals surface area contributed by atoms with Gasteiger partial charge in [0.1, 0.15) is 11.5 Å². The second-order valence-electron chi connectivity index (χ2n) is 4.69. The molecule has 0 bridgehead atoms. The highest BCUT2D eigenvalue weighted by molar-refractivity contribution is 7.31. The summed E-state index contributed by atoms with van der Waals surface area (Å²) in [5.41, 5.74) is 2.76. The van der Waals surface area contributed by atoms with Gasteiger partial charge in [0.25, 0.3) is 0 Å². The number of phenols is 1. The van der Waals surface area contributed by atoms with Gasteiger partial charge in [-0.05, 0) is 18.1 Å². The van der Waals surface area contributed by atoms with Crippen LogP contribution in [0.1, 0.15) is 28.5 Å². The van der Waals surface area contributed by atoms with Crippen LogP contribution in [0.5, 0.6) is 11.5 Å². The molecule has 21 heavy (non-hydrogen) atoms. The first-order valence-corrected chi connectivity index (χ1v) is 7.77. The minimum absolute atomic E-state index is 0.0373. The lowest BCUT2D eigenvalue weighted by Crippen LogP contribution is -2.06. The van der Waals surface area contributed by atoms with E-state index in [1.165, 1.54) is 0 Å². The fourth-order valence-corrected chi connectivity index (χ4v) is 2.88. The minimum Gasteiger partial charge on any atom is -0.507 e. The van der Waals surface area contributed by atoms with Gasteiger partial charge in [-0.3, -0.25) is 0 Å². The van der Waals surface area contributed by atoms with E-state index in [-0.39, 0.29) is 12.4 Å². The van der Waals surface area contributed by atoms with Crippen LogP contribution in [-0.4, -0.2) is 37.4 Å². The molecule has 0 fully saturated rings. The van der Waals surface area contributed by atoms with E-state index in [1.807, 2.05) is 6.92 Å². The molecule has 0 amide bonds. The van der Waals surface area contributed by atoms with Crippen molar-refractivity contribution < 1.29 is 28.9 Å². The van der Waals surface area contributed by atoms with Crippen molar-refractivity contribution in [2.45, 2.75) is 26.2 Å². The first kappa shape index (κ1) is 16.5. The molecular formula is C14H21O6P. The van der Waals surface area contributed by atoms with Gasteiger partial charge in [0.05, 0.1) is 32.2 Å². The molecule has 1 aromatic carbocycles. The number of aliphatic hydroxyl groups is 1. The fraction of sp³-hybridized carbons (Fsp3) is 0.571. The van der Waals surface area contributed by atoms with Gasteiger partial charge in [0.15, 0.2) is 6.29 Å². The average Bonchev–Trinajstić information content (AvgIpc) is 2.86.